The van der Waals surface area contributed by atoms with Crippen molar-refractivity contribution in [2.45, 2.75) is 12.6 Å². The van der Waals surface area contributed by atoms with Gasteiger partial charge in [-0.2, -0.15) is 0 Å². The summed E-state index contributed by atoms with van der Waals surface area (Å²) in [6.45, 7) is 0.773. The highest BCUT2D eigenvalue weighted by molar-refractivity contribution is 5.23. The molecule has 20 heavy (non-hydrogen) atoms. The molecule has 0 saturated carbocycles. The highest BCUT2D eigenvalue weighted by Gasteiger charge is 2.14. The summed E-state index contributed by atoms with van der Waals surface area (Å²) in [6.07, 6.45) is 7.25. The molecule has 2 heterocycles. The fourth-order valence-corrected chi connectivity index (χ4v) is 2.23. The maximum absolute atomic E-state index is 6.30. The molecule has 0 radical (unpaired) electrons. The Kier molecular flexibility index (Phi) is 3.56. The first-order valence-electron chi connectivity index (χ1n) is 6.55. The van der Waals surface area contributed by atoms with Gasteiger partial charge in [-0.25, -0.2) is 4.98 Å². The normalized spacial score (nSPS) is 12.2. The molecular weight excluding hydrogens is 248 g/mol. The van der Waals surface area contributed by atoms with Crippen molar-refractivity contribution in [3.8, 4) is 0 Å². The highest BCUT2D eigenvalue weighted by Crippen LogP contribution is 2.18. The standard InChI is InChI=1S/C16H16N4/c17-15(14-6-8-18-9-7-14)16-19-10-11-20(16)12-13-4-2-1-3-5-13/h1-11,15H,12,17H2. The molecule has 0 bridgehead atoms. The van der Waals surface area contributed by atoms with Gasteiger partial charge in [0, 0.05) is 31.3 Å². The van der Waals surface area contributed by atoms with Crippen molar-refractivity contribution in [2.24, 2.45) is 5.73 Å². The first kappa shape index (κ1) is 12.6. The van der Waals surface area contributed by atoms with Crippen LogP contribution in [0.4, 0.5) is 0 Å². The first-order chi connectivity index (χ1) is 9.84. The van der Waals surface area contributed by atoms with E-state index in [0.29, 0.717) is 0 Å². The van der Waals surface area contributed by atoms with Crippen LogP contribution < -0.4 is 5.73 Å². The zero-order chi connectivity index (χ0) is 13.8. The lowest BCUT2D eigenvalue weighted by Crippen LogP contribution is -2.18. The number of imidazole rings is 1. The van der Waals surface area contributed by atoms with Crippen molar-refractivity contribution in [2.75, 3.05) is 0 Å². The first-order valence-corrected chi connectivity index (χ1v) is 6.55. The Balaban J connectivity index is 1.87. The van der Waals surface area contributed by atoms with Crippen molar-refractivity contribution in [1.82, 2.24) is 14.5 Å². The Morgan fingerprint density at radius 1 is 1.00 bits per heavy atom. The van der Waals surface area contributed by atoms with Crippen molar-refractivity contribution >= 4 is 0 Å². The molecule has 1 aromatic carbocycles. The molecule has 0 spiro atoms. The molecule has 4 nitrogen and oxygen atoms in total. The van der Waals surface area contributed by atoms with E-state index < -0.39 is 0 Å². The van der Waals surface area contributed by atoms with E-state index in [2.05, 4.69) is 26.7 Å². The molecule has 2 N–H and O–H groups in total. The average Bonchev–Trinajstić information content (AvgIpc) is 2.96. The van der Waals surface area contributed by atoms with Crippen LogP contribution >= 0.6 is 0 Å². The topological polar surface area (TPSA) is 56.7 Å². The largest absolute Gasteiger partial charge is 0.329 e. The van der Waals surface area contributed by atoms with Gasteiger partial charge in [-0.05, 0) is 23.3 Å². The van der Waals surface area contributed by atoms with Crippen LogP contribution in [0.25, 0.3) is 0 Å². The summed E-state index contributed by atoms with van der Waals surface area (Å²) in [5.41, 5.74) is 8.55. The van der Waals surface area contributed by atoms with E-state index >= 15 is 0 Å². The summed E-state index contributed by atoms with van der Waals surface area (Å²) >= 11 is 0. The molecule has 0 aliphatic heterocycles. The highest BCUT2D eigenvalue weighted by atomic mass is 15.1. The summed E-state index contributed by atoms with van der Waals surface area (Å²) < 4.78 is 2.08. The molecule has 1 atom stereocenters. The molecule has 0 fully saturated rings. The van der Waals surface area contributed by atoms with E-state index in [1.165, 1.54) is 5.56 Å². The molecular formula is C16H16N4. The van der Waals surface area contributed by atoms with Gasteiger partial charge in [-0.3, -0.25) is 4.98 Å². The summed E-state index contributed by atoms with van der Waals surface area (Å²) in [5, 5.41) is 0. The molecule has 3 aromatic rings. The Labute approximate surface area is 117 Å². The Morgan fingerprint density at radius 2 is 1.75 bits per heavy atom. The number of pyridine rings is 1. The van der Waals surface area contributed by atoms with Crippen LogP contribution in [0.15, 0.2) is 67.3 Å². The van der Waals surface area contributed by atoms with Crippen LogP contribution in [-0.2, 0) is 6.54 Å². The van der Waals surface area contributed by atoms with Crippen molar-refractivity contribution < 1.29 is 0 Å². The maximum atomic E-state index is 6.30. The smallest absolute Gasteiger partial charge is 0.130 e. The van der Waals surface area contributed by atoms with Gasteiger partial charge in [0.15, 0.2) is 0 Å². The molecule has 0 saturated heterocycles. The van der Waals surface area contributed by atoms with Gasteiger partial charge in [-0.1, -0.05) is 30.3 Å². The monoisotopic (exact) mass is 264 g/mol. The molecule has 1 unspecified atom stereocenters. The Bertz CT molecular complexity index is 661. The molecule has 0 aliphatic rings. The lowest BCUT2D eigenvalue weighted by molar-refractivity contribution is 0.674. The van der Waals surface area contributed by atoms with Gasteiger partial charge in [0.2, 0.25) is 0 Å². The minimum atomic E-state index is -0.239. The molecule has 3 rings (SSSR count). The number of aromatic nitrogens is 3. The molecule has 100 valence electrons. The van der Waals surface area contributed by atoms with Crippen LogP contribution in [0, 0.1) is 0 Å². The molecule has 4 heteroatoms. The van der Waals surface area contributed by atoms with E-state index in [9.17, 15) is 0 Å². The quantitative estimate of drug-likeness (QED) is 0.787. The predicted octanol–water partition coefficient (Wildman–Crippen LogP) is 2.37. The zero-order valence-electron chi connectivity index (χ0n) is 11.1. The lowest BCUT2D eigenvalue weighted by atomic mass is 10.1. The van der Waals surface area contributed by atoms with Crippen LogP contribution in [0.1, 0.15) is 23.0 Å². The minimum Gasteiger partial charge on any atom is -0.329 e. The second kappa shape index (κ2) is 5.67. The number of hydrogen-bond donors (Lipinski definition) is 1. The van der Waals surface area contributed by atoms with Crippen molar-refractivity contribution in [3.05, 3.63) is 84.2 Å². The number of hydrogen-bond acceptors (Lipinski definition) is 3. The number of benzene rings is 1. The fourth-order valence-electron chi connectivity index (χ4n) is 2.23. The van der Waals surface area contributed by atoms with Gasteiger partial charge >= 0.3 is 0 Å². The third-order valence-electron chi connectivity index (χ3n) is 3.29. The summed E-state index contributed by atoms with van der Waals surface area (Å²) in [5.74, 6) is 0.861. The Morgan fingerprint density at radius 3 is 2.50 bits per heavy atom. The van der Waals surface area contributed by atoms with Gasteiger partial charge in [-0.15, -0.1) is 0 Å². The van der Waals surface area contributed by atoms with E-state index in [0.717, 1.165) is 17.9 Å². The van der Waals surface area contributed by atoms with Crippen molar-refractivity contribution in [1.29, 1.82) is 0 Å². The Hall–Kier alpha value is -2.46. The average molecular weight is 264 g/mol. The summed E-state index contributed by atoms with van der Waals surface area (Å²) in [6, 6.07) is 13.9. The van der Waals surface area contributed by atoms with E-state index in [4.69, 9.17) is 5.73 Å². The van der Waals surface area contributed by atoms with Crippen LogP contribution in [0.5, 0.6) is 0 Å². The SMILES string of the molecule is NC(c1ccncc1)c1nccn1Cc1ccccc1. The van der Waals surface area contributed by atoms with Gasteiger partial charge in [0.25, 0.3) is 0 Å². The van der Waals surface area contributed by atoms with E-state index in [1.807, 2.05) is 36.5 Å². The minimum absolute atomic E-state index is 0.239. The number of nitrogens with zero attached hydrogens (tertiary/aromatic N) is 3. The van der Waals surface area contributed by atoms with Gasteiger partial charge in [0.05, 0.1) is 6.04 Å². The third-order valence-corrected chi connectivity index (χ3v) is 3.29. The molecule has 0 amide bonds. The van der Waals surface area contributed by atoms with Gasteiger partial charge < -0.3 is 10.3 Å². The summed E-state index contributed by atoms with van der Waals surface area (Å²) in [4.78, 5) is 8.42. The summed E-state index contributed by atoms with van der Waals surface area (Å²) in [7, 11) is 0. The second-order valence-electron chi connectivity index (χ2n) is 4.66. The molecule has 2 aromatic heterocycles. The van der Waals surface area contributed by atoms with Crippen LogP contribution in [-0.4, -0.2) is 14.5 Å². The zero-order valence-corrected chi connectivity index (χ0v) is 11.1. The third kappa shape index (κ3) is 2.60. The van der Waals surface area contributed by atoms with Crippen LogP contribution in [0.3, 0.4) is 0 Å². The van der Waals surface area contributed by atoms with E-state index in [-0.39, 0.29) is 6.04 Å². The fraction of sp³-hybridized carbons (Fsp3) is 0.125. The molecule has 0 aliphatic carbocycles. The lowest BCUT2D eigenvalue weighted by Gasteiger charge is -2.14. The van der Waals surface area contributed by atoms with E-state index in [1.54, 1.807) is 18.6 Å². The second-order valence-corrected chi connectivity index (χ2v) is 4.66. The number of nitrogens with two attached hydrogens (primary N) is 1. The van der Waals surface area contributed by atoms with Crippen molar-refractivity contribution in [3.63, 3.8) is 0 Å². The van der Waals surface area contributed by atoms with Gasteiger partial charge in [0.1, 0.15) is 5.82 Å². The number of rotatable bonds is 4. The maximum Gasteiger partial charge on any atom is 0.130 e. The van der Waals surface area contributed by atoms with Crippen LogP contribution in [0.2, 0.25) is 0 Å². The predicted molar refractivity (Wildman–Crippen MR) is 78.0 cm³/mol.